The fourth-order valence-corrected chi connectivity index (χ4v) is 5.89. The van der Waals surface area contributed by atoms with Crippen LogP contribution in [0.15, 0.2) is 72.8 Å². The van der Waals surface area contributed by atoms with E-state index in [-0.39, 0.29) is 24.3 Å². The summed E-state index contributed by atoms with van der Waals surface area (Å²) in [4.78, 5) is 34.9. The van der Waals surface area contributed by atoms with Crippen LogP contribution in [0.4, 0.5) is 0 Å². The third-order valence-corrected chi connectivity index (χ3v) is 7.80. The quantitative estimate of drug-likeness (QED) is 0.461. The highest BCUT2D eigenvalue weighted by Crippen LogP contribution is 2.48. The van der Waals surface area contributed by atoms with Gasteiger partial charge in [0.1, 0.15) is 12.3 Å². The van der Waals surface area contributed by atoms with Gasteiger partial charge in [-0.25, -0.2) is 0 Å². The van der Waals surface area contributed by atoms with Crippen molar-refractivity contribution in [2.24, 2.45) is 0 Å². The van der Waals surface area contributed by atoms with E-state index in [0.29, 0.717) is 13.1 Å². The average molecular weight is 480 g/mol. The molecule has 36 heavy (non-hydrogen) atoms. The summed E-state index contributed by atoms with van der Waals surface area (Å²) in [5, 5.41) is 1.10. The molecule has 0 saturated carbocycles. The fourth-order valence-electron chi connectivity index (χ4n) is 5.89. The van der Waals surface area contributed by atoms with Gasteiger partial charge in [0.25, 0.3) is 5.91 Å². The maximum Gasteiger partial charge on any atom is 0.255 e. The molecule has 0 spiro atoms. The summed E-state index contributed by atoms with van der Waals surface area (Å²) < 4.78 is 5.36. The molecule has 2 aliphatic rings. The summed E-state index contributed by atoms with van der Waals surface area (Å²) in [7, 11) is 1.62. The molecule has 6 heteroatoms. The summed E-state index contributed by atoms with van der Waals surface area (Å²) in [5.41, 5.74) is 5.06. The maximum atomic E-state index is 14.2. The molecule has 0 aliphatic carbocycles. The molecule has 6 rings (SSSR count). The fraction of sp³-hybridized carbons (Fsp3) is 0.267. The van der Waals surface area contributed by atoms with Crippen LogP contribution in [0.2, 0.25) is 0 Å². The van der Waals surface area contributed by atoms with Gasteiger partial charge in [0.15, 0.2) is 5.54 Å². The van der Waals surface area contributed by atoms with Crippen LogP contribution in [-0.4, -0.2) is 46.8 Å². The van der Waals surface area contributed by atoms with Crippen LogP contribution in [0.3, 0.4) is 0 Å². The van der Waals surface area contributed by atoms with Gasteiger partial charge in [-0.15, -0.1) is 0 Å². The Labute approximate surface area is 210 Å². The first-order chi connectivity index (χ1) is 17.4. The number of rotatable bonds is 4. The number of piperazine rings is 1. The van der Waals surface area contributed by atoms with Gasteiger partial charge in [0.05, 0.1) is 12.8 Å². The zero-order valence-corrected chi connectivity index (χ0v) is 20.7. The molecule has 2 aliphatic heterocycles. The van der Waals surface area contributed by atoms with Crippen LogP contribution in [0.5, 0.6) is 5.75 Å². The number of carbonyl (C=O) groups excluding carboxylic acids is 2. The number of nitrogens with one attached hydrogen (secondary N) is 1. The van der Waals surface area contributed by atoms with Crippen molar-refractivity contribution in [3.8, 4) is 5.75 Å². The summed E-state index contributed by atoms with van der Waals surface area (Å²) in [5.74, 6) is 0.598. The van der Waals surface area contributed by atoms with Gasteiger partial charge >= 0.3 is 0 Å². The number of fused-ring (bicyclic) bond motifs is 5. The number of para-hydroxylation sites is 1. The first-order valence-electron chi connectivity index (χ1n) is 12.3. The van der Waals surface area contributed by atoms with E-state index in [1.165, 1.54) is 5.56 Å². The number of amides is 2. The molecule has 4 aromatic rings. The van der Waals surface area contributed by atoms with Crippen LogP contribution in [-0.2, 0) is 21.7 Å². The van der Waals surface area contributed by atoms with Gasteiger partial charge in [-0.1, -0.05) is 60.2 Å². The van der Waals surface area contributed by atoms with Gasteiger partial charge in [-0.2, -0.15) is 0 Å². The van der Waals surface area contributed by atoms with Crippen LogP contribution in [0.1, 0.15) is 40.8 Å². The van der Waals surface area contributed by atoms with Gasteiger partial charge in [-0.05, 0) is 48.7 Å². The lowest BCUT2D eigenvalue weighted by atomic mass is 9.76. The molecule has 0 bridgehead atoms. The Balaban J connectivity index is 1.48. The zero-order valence-electron chi connectivity index (χ0n) is 20.7. The van der Waals surface area contributed by atoms with Crippen LogP contribution in [0.25, 0.3) is 10.9 Å². The number of aryl methyl sites for hydroxylation is 1. The topological polar surface area (TPSA) is 65.6 Å². The number of aromatic amines is 1. The van der Waals surface area contributed by atoms with E-state index in [0.717, 1.165) is 39.0 Å². The van der Waals surface area contributed by atoms with Gasteiger partial charge in [0, 0.05) is 29.9 Å². The number of benzene rings is 3. The van der Waals surface area contributed by atoms with Crippen molar-refractivity contribution < 1.29 is 14.3 Å². The Morgan fingerprint density at radius 2 is 1.81 bits per heavy atom. The molecular weight excluding hydrogens is 450 g/mol. The maximum absolute atomic E-state index is 14.2. The van der Waals surface area contributed by atoms with E-state index in [1.807, 2.05) is 49.4 Å². The molecule has 1 fully saturated rings. The summed E-state index contributed by atoms with van der Waals surface area (Å²) in [6.07, 6.45) is 0. The minimum absolute atomic E-state index is 0.0218. The minimum atomic E-state index is -1.11. The third kappa shape index (κ3) is 3.32. The predicted molar refractivity (Wildman–Crippen MR) is 139 cm³/mol. The molecule has 1 saturated heterocycles. The Bertz CT molecular complexity index is 1490. The van der Waals surface area contributed by atoms with E-state index in [4.69, 9.17) is 4.74 Å². The Morgan fingerprint density at radius 1 is 1.03 bits per heavy atom. The Hall–Kier alpha value is -4.06. The lowest BCUT2D eigenvalue weighted by Gasteiger charge is -2.51. The molecule has 0 unspecified atom stereocenters. The summed E-state index contributed by atoms with van der Waals surface area (Å²) >= 11 is 0. The highest BCUT2D eigenvalue weighted by atomic mass is 16.5. The lowest BCUT2D eigenvalue weighted by molar-refractivity contribution is -0.166. The second kappa shape index (κ2) is 8.26. The number of aromatic nitrogens is 1. The molecule has 6 nitrogen and oxygen atoms in total. The van der Waals surface area contributed by atoms with Gasteiger partial charge < -0.3 is 19.5 Å². The number of H-pyrrole nitrogens is 1. The SMILES string of the molecule is COc1cccc(CN2CC(=O)N3C[C@@H](c4ccc(C)cc4)c4c([nH]c5ccccc45)[C@@]3(C)C2=O)c1. The monoisotopic (exact) mass is 479 g/mol. The van der Waals surface area contributed by atoms with Crippen molar-refractivity contribution in [2.45, 2.75) is 31.8 Å². The normalized spacial score (nSPS) is 21.5. The molecule has 3 aromatic carbocycles. The van der Waals surface area contributed by atoms with E-state index in [1.54, 1.807) is 16.9 Å². The van der Waals surface area contributed by atoms with Crippen molar-refractivity contribution in [1.82, 2.24) is 14.8 Å². The van der Waals surface area contributed by atoms with Crippen molar-refractivity contribution in [2.75, 3.05) is 20.2 Å². The summed E-state index contributed by atoms with van der Waals surface area (Å²) in [6, 6.07) is 24.3. The number of nitrogens with zero attached hydrogens (tertiary/aromatic N) is 2. The highest BCUT2D eigenvalue weighted by Gasteiger charge is 2.56. The number of carbonyl (C=O) groups is 2. The van der Waals surface area contributed by atoms with Crippen molar-refractivity contribution in [3.05, 3.63) is 101 Å². The Morgan fingerprint density at radius 3 is 2.58 bits per heavy atom. The predicted octanol–water partition coefficient (Wildman–Crippen LogP) is 4.72. The van der Waals surface area contributed by atoms with Crippen molar-refractivity contribution >= 4 is 22.7 Å². The smallest absolute Gasteiger partial charge is 0.255 e. The molecule has 3 heterocycles. The molecule has 2 atom stereocenters. The van der Waals surface area contributed by atoms with Crippen molar-refractivity contribution in [1.29, 1.82) is 0 Å². The number of hydrogen-bond donors (Lipinski definition) is 1. The van der Waals surface area contributed by atoms with E-state index in [2.05, 4.69) is 42.2 Å². The second-order valence-electron chi connectivity index (χ2n) is 10.0. The largest absolute Gasteiger partial charge is 0.497 e. The van der Waals surface area contributed by atoms with Gasteiger partial charge in [0.2, 0.25) is 5.91 Å². The van der Waals surface area contributed by atoms with E-state index in [9.17, 15) is 9.59 Å². The zero-order chi connectivity index (χ0) is 25.0. The lowest BCUT2D eigenvalue weighted by Crippen LogP contribution is -2.67. The van der Waals surface area contributed by atoms with Crippen molar-refractivity contribution in [3.63, 3.8) is 0 Å². The average Bonchev–Trinajstić information content (AvgIpc) is 3.29. The first kappa shape index (κ1) is 22.4. The molecule has 1 aromatic heterocycles. The third-order valence-electron chi connectivity index (χ3n) is 7.80. The molecule has 0 radical (unpaired) electrons. The minimum Gasteiger partial charge on any atom is -0.497 e. The number of methoxy groups -OCH3 is 1. The molecule has 1 N–H and O–H groups in total. The van der Waals surface area contributed by atoms with Crippen LogP contribution < -0.4 is 4.74 Å². The Kier molecular flexibility index (Phi) is 5.14. The first-order valence-corrected chi connectivity index (χ1v) is 12.3. The number of hydrogen-bond acceptors (Lipinski definition) is 3. The van der Waals surface area contributed by atoms with Gasteiger partial charge in [-0.3, -0.25) is 9.59 Å². The standard InChI is InChI=1S/C30H29N3O3/c1-19-11-13-21(14-12-19)24-17-33-26(34)18-32(16-20-7-6-8-22(15-20)36-3)29(35)30(33,2)28-27(24)23-9-4-5-10-25(23)31-28/h4-15,24,31H,16-18H2,1-3H3/t24-,30-/m0/s1. The highest BCUT2D eigenvalue weighted by molar-refractivity contribution is 6.01. The van der Waals surface area contributed by atoms with E-state index >= 15 is 0 Å². The van der Waals surface area contributed by atoms with Crippen LogP contribution in [0, 0.1) is 6.92 Å². The number of ether oxygens (including phenoxy) is 1. The summed E-state index contributed by atoms with van der Waals surface area (Å²) in [6.45, 7) is 4.84. The molecule has 182 valence electrons. The van der Waals surface area contributed by atoms with E-state index < -0.39 is 5.54 Å². The molecular formula is C30H29N3O3. The van der Waals surface area contributed by atoms with Crippen LogP contribution >= 0.6 is 0 Å². The second-order valence-corrected chi connectivity index (χ2v) is 10.0. The molecule has 2 amide bonds.